The molecule has 4 N–H and O–H groups in total. The summed E-state index contributed by atoms with van der Waals surface area (Å²) in [6.07, 6.45) is -3.21. The quantitative estimate of drug-likeness (QED) is 0.381. The van der Waals surface area contributed by atoms with Crippen molar-refractivity contribution in [2.45, 2.75) is 31.3 Å². The second kappa shape index (κ2) is 4.61. The van der Waals surface area contributed by atoms with E-state index in [9.17, 15) is 15.0 Å². The van der Waals surface area contributed by atoms with Gasteiger partial charge in [-0.25, -0.2) is 0 Å². The molecule has 1 aliphatic heterocycles. The molecule has 1 amide bonds. The van der Waals surface area contributed by atoms with Crippen molar-refractivity contribution in [2.24, 2.45) is 0 Å². The van der Waals surface area contributed by atoms with Gasteiger partial charge in [0, 0.05) is 6.92 Å². The molecule has 1 fully saturated rings. The Morgan fingerprint density at radius 2 is 2.14 bits per heavy atom. The molecule has 0 saturated carbocycles. The maximum absolute atomic E-state index is 10.7. The number of aliphatic hydroxyl groups excluding tert-OH is 3. The molecule has 0 bridgehead atoms. The Labute approximate surface area is 81.5 Å². The fourth-order valence-corrected chi connectivity index (χ4v) is 1.28. The Bertz CT molecular complexity index is 210. The number of nitrogens with one attached hydrogen (secondary N) is 1. The van der Waals surface area contributed by atoms with E-state index >= 15 is 0 Å². The van der Waals surface area contributed by atoms with Gasteiger partial charge in [-0.05, 0) is 0 Å². The molecule has 0 aromatic carbocycles. The summed E-state index contributed by atoms with van der Waals surface area (Å²) < 4.78 is 4.92. The number of carbonyl (C=O) groups is 1. The van der Waals surface area contributed by atoms with Crippen LogP contribution in [0.4, 0.5) is 0 Å². The minimum Gasteiger partial charge on any atom is -0.393 e. The van der Waals surface area contributed by atoms with Gasteiger partial charge in [-0.1, -0.05) is 0 Å². The highest BCUT2D eigenvalue weighted by Gasteiger charge is 2.45. The van der Waals surface area contributed by atoms with Gasteiger partial charge in [0.2, 0.25) is 11.9 Å². The minimum atomic E-state index is -1.21. The van der Waals surface area contributed by atoms with Crippen LogP contribution in [0, 0.1) is 6.61 Å². The number of aliphatic hydroxyl groups is 3. The molecule has 1 heterocycles. The summed E-state index contributed by atoms with van der Waals surface area (Å²) in [7, 11) is 0. The van der Waals surface area contributed by atoms with Crippen molar-refractivity contribution in [2.75, 3.05) is 6.61 Å². The molecule has 1 saturated heterocycles. The molecule has 0 unspecified atom stereocenters. The van der Waals surface area contributed by atoms with E-state index in [0.29, 0.717) is 0 Å². The van der Waals surface area contributed by atoms with Gasteiger partial charge in [0.05, 0.1) is 6.61 Å². The van der Waals surface area contributed by atoms with Crippen molar-refractivity contribution in [3.63, 3.8) is 0 Å². The number of rotatable bonds is 2. The summed E-state index contributed by atoms with van der Waals surface area (Å²) >= 11 is 0. The third kappa shape index (κ3) is 2.36. The SMILES string of the molecule is CC(=O)N[C@H]1[CH+]O[C@H](CO)[C@@H](O)[C@@H]1O. The third-order valence-corrected chi connectivity index (χ3v) is 2.05. The first-order valence-electron chi connectivity index (χ1n) is 4.29. The number of hydrogen-bond donors (Lipinski definition) is 4. The summed E-state index contributed by atoms with van der Waals surface area (Å²) in [6, 6.07) is -0.745. The van der Waals surface area contributed by atoms with Crippen molar-refractivity contribution >= 4 is 5.91 Å². The molecular formula is C8H14NO5+. The van der Waals surface area contributed by atoms with E-state index < -0.39 is 24.4 Å². The van der Waals surface area contributed by atoms with Crippen LogP contribution < -0.4 is 5.32 Å². The van der Waals surface area contributed by atoms with Crippen molar-refractivity contribution in [1.29, 1.82) is 0 Å². The van der Waals surface area contributed by atoms with Crippen LogP contribution in [-0.4, -0.2) is 52.2 Å². The standard InChI is InChI=1S/C8H13NO5/c1-4(11)9-5-3-14-6(2-10)8(13)7(5)12/h3,5-8,10,12-13H,2H2,1H3/p+1/t5-,6+,7+,8+/m0/s1. The maximum atomic E-state index is 10.7. The number of ether oxygens (including phenoxy) is 1. The van der Waals surface area contributed by atoms with E-state index in [2.05, 4.69) is 5.32 Å². The molecule has 80 valence electrons. The van der Waals surface area contributed by atoms with Crippen molar-refractivity contribution < 1.29 is 24.9 Å². The molecule has 14 heavy (non-hydrogen) atoms. The topological polar surface area (TPSA) is 99.0 Å². The smallest absolute Gasteiger partial charge is 0.254 e. The van der Waals surface area contributed by atoms with Gasteiger partial charge in [0.25, 0.3) is 6.61 Å². The molecule has 6 nitrogen and oxygen atoms in total. The Hall–Kier alpha value is -0.820. The first kappa shape index (κ1) is 11.3. The average molecular weight is 204 g/mol. The second-order valence-electron chi connectivity index (χ2n) is 3.20. The fourth-order valence-electron chi connectivity index (χ4n) is 1.28. The number of amides is 1. The minimum absolute atomic E-state index is 0.330. The summed E-state index contributed by atoms with van der Waals surface area (Å²) in [5.74, 6) is -0.330. The molecule has 0 radical (unpaired) electrons. The van der Waals surface area contributed by atoms with Crippen LogP contribution in [0.2, 0.25) is 0 Å². The molecule has 0 aliphatic carbocycles. The van der Waals surface area contributed by atoms with Crippen LogP contribution in [0.3, 0.4) is 0 Å². The lowest BCUT2D eigenvalue weighted by Gasteiger charge is -2.29. The lowest BCUT2D eigenvalue weighted by molar-refractivity contribution is -0.144. The molecule has 0 aromatic rings. The number of carbonyl (C=O) groups excluding carboxylic acids is 1. The van der Waals surface area contributed by atoms with E-state index in [0.717, 1.165) is 0 Å². The largest absolute Gasteiger partial charge is 0.393 e. The van der Waals surface area contributed by atoms with Gasteiger partial charge in [-0.3, -0.25) is 4.79 Å². The lowest BCUT2D eigenvalue weighted by atomic mass is 9.98. The Morgan fingerprint density at radius 1 is 1.50 bits per heavy atom. The molecule has 6 heteroatoms. The zero-order chi connectivity index (χ0) is 10.7. The average Bonchev–Trinajstić information content (AvgIpc) is 2.13. The van der Waals surface area contributed by atoms with Crippen LogP contribution in [0.1, 0.15) is 6.92 Å². The van der Waals surface area contributed by atoms with Crippen LogP contribution >= 0.6 is 0 Å². The summed E-state index contributed by atoms with van der Waals surface area (Å²) in [5.41, 5.74) is 0. The van der Waals surface area contributed by atoms with Gasteiger partial charge >= 0.3 is 0 Å². The maximum Gasteiger partial charge on any atom is 0.254 e. The first-order chi connectivity index (χ1) is 6.56. The second-order valence-corrected chi connectivity index (χ2v) is 3.20. The Kier molecular flexibility index (Phi) is 3.70. The monoisotopic (exact) mass is 204 g/mol. The van der Waals surface area contributed by atoms with Crippen molar-refractivity contribution in [1.82, 2.24) is 5.32 Å². The predicted octanol–water partition coefficient (Wildman–Crippen LogP) is -2.23. The molecule has 4 atom stereocenters. The third-order valence-electron chi connectivity index (χ3n) is 2.05. The van der Waals surface area contributed by atoms with Gasteiger partial charge < -0.3 is 20.6 Å². The Balaban J connectivity index is 2.54. The van der Waals surface area contributed by atoms with E-state index in [1.165, 1.54) is 13.5 Å². The first-order valence-corrected chi connectivity index (χ1v) is 4.29. The van der Waals surface area contributed by atoms with Gasteiger partial charge in [-0.15, -0.1) is 0 Å². The molecule has 0 aromatic heterocycles. The lowest BCUT2D eigenvalue weighted by Crippen LogP contribution is -2.57. The van der Waals surface area contributed by atoms with Crippen LogP contribution in [0.5, 0.6) is 0 Å². The zero-order valence-corrected chi connectivity index (χ0v) is 7.75. The van der Waals surface area contributed by atoms with E-state index in [1.54, 1.807) is 0 Å². The van der Waals surface area contributed by atoms with Gasteiger partial charge in [-0.2, -0.15) is 4.74 Å². The normalized spacial score (nSPS) is 37.4. The Morgan fingerprint density at radius 3 is 2.64 bits per heavy atom. The summed E-state index contributed by atoms with van der Waals surface area (Å²) in [6.45, 7) is 2.12. The van der Waals surface area contributed by atoms with Crippen LogP contribution in [0.25, 0.3) is 0 Å². The van der Waals surface area contributed by atoms with Crippen LogP contribution in [-0.2, 0) is 9.53 Å². The highest BCUT2D eigenvalue weighted by molar-refractivity contribution is 5.73. The molecule has 1 aliphatic rings. The van der Waals surface area contributed by atoms with Gasteiger partial charge in [0.1, 0.15) is 12.2 Å². The predicted molar refractivity (Wildman–Crippen MR) is 45.9 cm³/mol. The van der Waals surface area contributed by atoms with E-state index in [1.807, 2.05) is 0 Å². The van der Waals surface area contributed by atoms with Crippen LogP contribution in [0.15, 0.2) is 0 Å². The molecule has 1 rings (SSSR count). The highest BCUT2D eigenvalue weighted by Crippen LogP contribution is 2.17. The van der Waals surface area contributed by atoms with Crippen molar-refractivity contribution in [3.8, 4) is 0 Å². The molecule has 0 spiro atoms. The summed E-state index contributed by atoms with van der Waals surface area (Å²) in [5, 5.41) is 30.1. The number of hydrogen-bond acceptors (Lipinski definition) is 5. The zero-order valence-electron chi connectivity index (χ0n) is 7.75. The van der Waals surface area contributed by atoms with E-state index in [4.69, 9.17) is 9.84 Å². The summed E-state index contributed by atoms with van der Waals surface area (Å²) in [4.78, 5) is 10.7. The molecular weight excluding hydrogens is 190 g/mol. The van der Waals surface area contributed by atoms with E-state index in [-0.39, 0.29) is 12.5 Å². The highest BCUT2D eigenvalue weighted by atomic mass is 16.5. The van der Waals surface area contributed by atoms with Gasteiger partial charge in [0.15, 0.2) is 6.10 Å². The van der Waals surface area contributed by atoms with Crippen molar-refractivity contribution in [3.05, 3.63) is 6.61 Å². The fraction of sp³-hybridized carbons (Fsp3) is 0.750.